The molecule has 0 aromatic rings. The van der Waals surface area contributed by atoms with Gasteiger partial charge in [-0.2, -0.15) is 0 Å². The van der Waals surface area contributed by atoms with Crippen LogP contribution in [0.1, 0.15) is 6.42 Å². The molecule has 0 spiro atoms. The van der Waals surface area contributed by atoms with Crippen molar-refractivity contribution < 1.29 is 39.9 Å². The molecule has 0 radical (unpaired) electrons. The van der Waals surface area contributed by atoms with Crippen molar-refractivity contribution in [2.24, 2.45) is 0 Å². The molecule has 0 fully saturated rings. The van der Waals surface area contributed by atoms with Gasteiger partial charge in [0.2, 0.25) is 5.60 Å². The van der Waals surface area contributed by atoms with Crippen molar-refractivity contribution in [3.05, 3.63) is 0 Å². The van der Waals surface area contributed by atoms with Gasteiger partial charge in [-0.15, -0.1) is 0 Å². The number of rotatable bonds is 5. The average Bonchev–Trinajstić information content (AvgIpc) is 2.00. The van der Waals surface area contributed by atoms with Gasteiger partial charge in [-0.1, -0.05) is 0 Å². The number of aliphatic hydroxyl groups excluding tert-OH is 1. The number of hydrogen-bond acceptors (Lipinski definition) is 5. The molecule has 11 heteroatoms. The molecule has 86 valence electrons. The van der Waals surface area contributed by atoms with E-state index >= 15 is 0 Å². The van der Waals surface area contributed by atoms with E-state index in [1.807, 2.05) is 0 Å². The minimum atomic E-state index is -3.22. The van der Waals surface area contributed by atoms with Crippen LogP contribution in [0.25, 0.3) is 0 Å². The third-order valence-electron chi connectivity index (χ3n) is 1.48. The van der Waals surface area contributed by atoms with Gasteiger partial charge in [0, 0.05) is 0 Å². The number of carbonyl (C=O) groups is 3. The molecule has 8 nitrogen and oxygen atoms in total. The van der Waals surface area contributed by atoms with Gasteiger partial charge < -0.3 is 25.5 Å². The zero-order chi connectivity index (χ0) is 11.5. The maximum atomic E-state index is 10.4. The molecule has 17 heavy (non-hydrogen) atoms. The molecule has 0 aliphatic heterocycles. The number of carboxylic acid groups (broad SMARTS) is 3. The van der Waals surface area contributed by atoms with E-state index in [9.17, 15) is 14.4 Å². The molecule has 0 heterocycles. The first kappa shape index (κ1) is 28.4. The Morgan fingerprint density at radius 3 is 1.53 bits per heavy atom. The molecule has 0 rings (SSSR count). The van der Waals surface area contributed by atoms with Crippen molar-refractivity contribution >= 4 is 172 Å². The van der Waals surface area contributed by atoms with E-state index in [2.05, 4.69) is 0 Å². The molecule has 2 unspecified atom stereocenters. The van der Waals surface area contributed by atoms with Gasteiger partial charge in [-0.05, 0) is 0 Å². The van der Waals surface area contributed by atoms with Crippen molar-refractivity contribution in [3.63, 3.8) is 0 Å². The van der Waals surface area contributed by atoms with E-state index in [4.69, 9.17) is 25.5 Å². The van der Waals surface area contributed by atoms with E-state index in [0.717, 1.165) is 0 Å². The molecular formula is C6H11K3O8. The molecule has 0 aliphatic rings. The van der Waals surface area contributed by atoms with E-state index in [1.54, 1.807) is 0 Å². The van der Waals surface area contributed by atoms with Crippen LogP contribution in [0.15, 0.2) is 0 Å². The molecule has 0 aromatic carbocycles. The van der Waals surface area contributed by atoms with E-state index in [1.165, 1.54) is 0 Å². The number of hydrogen-bond donors (Lipinski definition) is 5. The monoisotopic (exact) mass is 328 g/mol. The molecule has 0 aromatic heterocycles. The molecule has 0 bridgehead atoms. The quantitative estimate of drug-likeness (QED) is 0.318. The maximum absolute atomic E-state index is 10.4. The van der Waals surface area contributed by atoms with E-state index in [0.29, 0.717) is 0 Å². The van der Waals surface area contributed by atoms with Crippen LogP contribution in [0.5, 0.6) is 0 Å². The third-order valence-corrected chi connectivity index (χ3v) is 1.48. The minimum absolute atomic E-state index is 0. The predicted molar refractivity (Wildman–Crippen MR) is 59.9 cm³/mol. The Hall–Kier alpha value is 3.24. The third kappa shape index (κ3) is 9.73. The molecule has 0 amide bonds. The first-order valence-electron chi connectivity index (χ1n) is 3.30. The van der Waals surface area contributed by atoms with E-state index < -0.39 is 36.0 Å². The van der Waals surface area contributed by atoms with E-state index in [-0.39, 0.29) is 154 Å². The molecule has 0 saturated heterocycles. The Morgan fingerprint density at radius 1 is 1.00 bits per heavy atom. The van der Waals surface area contributed by atoms with Crippen LogP contribution < -0.4 is 0 Å². The first-order valence-corrected chi connectivity index (χ1v) is 3.30. The van der Waals surface area contributed by atoms with Gasteiger partial charge in [0.15, 0.2) is 6.10 Å². The van der Waals surface area contributed by atoms with Crippen LogP contribution in [0.3, 0.4) is 0 Å². The summed E-state index contributed by atoms with van der Waals surface area (Å²) < 4.78 is 0. The summed E-state index contributed by atoms with van der Waals surface area (Å²) in [6, 6.07) is 0. The van der Waals surface area contributed by atoms with Crippen LogP contribution in [0.2, 0.25) is 0 Å². The summed E-state index contributed by atoms with van der Waals surface area (Å²) in [5, 5.41) is 42.6. The summed E-state index contributed by atoms with van der Waals surface area (Å²) in [4.78, 5) is 30.7. The van der Waals surface area contributed by atoms with Crippen LogP contribution >= 0.6 is 0 Å². The first-order chi connectivity index (χ1) is 6.21. The second-order valence-electron chi connectivity index (χ2n) is 2.54. The average molecular weight is 328 g/mol. The topological polar surface area (TPSA) is 152 Å². The van der Waals surface area contributed by atoms with Crippen LogP contribution in [-0.2, 0) is 14.4 Å². The van der Waals surface area contributed by atoms with Gasteiger partial charge >= 0.3 is 172 Å². The Labute approximate surface area is 224 Å². The van der Waals surface area contributed by atoms with Gasteiger partial charge in [0.05, 0.1) is 6.42 Å². The van der Waals surface area contributed by atoms with Crippen LogP contribution in [0.4, 0.5) is 0 Å². The Balaban J connectivity index is -0.000000282. The molecule has 2 atom stereocenters. The van der Waals surface area contributed by atoms with Crippen LogP contribution in [0, 0.1) is 0 Å². The molecule has 0 saturated carbocycles. The number of carboxylic acids is 3. The van der Waals surface area contributed by atoms with Gasteiger partial charge in [-0.25, -0.2) is 9.59 Å². The zero-order valence-electron chi connectivity index (χ0n) is 6.75. The summed E-state index contributed by atoms with van der Waals surface area (Å²) in [7, 11) is 0. The second kappa shape index (κ2) is 12.9. The zero-order valence-corrected chi connectivity index (χ0v) is 6.75. The summed E-state index contributed by atoms with van der Waals surface area (Å²) in [5.74, 6) is -5.87. The van der Waals surface area contributed by atoms with Crippen LogP contribution in [-0.4, -0.2) is 209 Å². The van der Waals surface area contributed by atoms with Crippen molar-refractivity contribution in [3.8, 4) is 0 Å². The predicted octanol–water partition coefficient (Wildman–Crippen LogP) is -4.22. The fourth-order valence-corrected chi connectivity index (χ4v) is 0.724. The summed E-state index contributed by atoms with van der Waals surface area (Å²) >= 11 is 0. The normalized spacial score (nSPS) is 13.8. The summed E-state index contributed by atoms with van der Waals surface area (Å²) in [5.41, 5.74) is -3.22. The molecular weight excluding hydrogens is 317 g/mol. The Kier molecular flexibility index (Phi) is 21.6. The number of aliphatic carboxylic acids is 3. The molecule has 0 aliphatic carbocycles. The second-order valence-corrected chi connectivity index (χ2v) is 2.54. The van der Waals surface area contributed by atoms with Crippen molar-refractivity contribution in [2.45, 2.75) is 18.1 Å². The van der Waals surface area contributed by atoms with Crippen molar-refractivity contribution in [2.75, 3.05) is 0 Å². The summed E-state index contributed by atoms with van der Waals surface area (Å²) in [6.07, 6.45) is -4.11. The standard InChI is InChI=1S/C6H8O8.3K.3H/c7-2(8)1-6(14,5(12)13)3(9)4(10)11;;;;;;/h3,9,14H,1H2,(H,7,8)(H,10,11)(H,12,13);;;;;;. The Bertz CT molecular complexity index is 282. The van der Waals surface area contributed by atoms with Crippen molar-refractivity contribution in [1.82, 2.24) is 0 Å². The Morgan fingerprint density at radius 2 is 1.35 bits per heavy atom. The fourth-order valence-electron chi connectivity index (χ4n) is 0.724. The number of aliphatic hydroxyl groups is 2. The summed E-state index contributed by atoms with van der Waals surface area (Å²) in [6.45, 7) is 0. The van der Waals surface area contributed by atoms with Crippen molar-refractivity contribution in [1.29, 1.82) is 0 Å². The molecule has 5 N–H and O–H groups in total. The fraction of sp³-hybridized carbons (Fsp3) is 0.500. The van der Waals surface area contributed by atoms with Gasteiger partial charge in [0.25, 0.3) is 0 Å². The van der Waals surface area contributed by atoms with Gasteiger partial charge in [-0.3, -0.25) is 4.79 Å². The van der Waals surface area contributed by atoms with Gasteiger partial charge in [0.1, 0.15) is 0 Å². The SMILES string of the molecule is O=C(O)CC(O)(C(=O)O)C(O)C(=O)O.[KH].[KH].[KH].